The number of nitrogen functional groups attached to an aromatic ring is 1. The number of hydrogen-bond acceptors (Lipinski definition) is 5. The molecular formula is C11H16N4O3S. The first-order valence-corrected chi connectivity index (χ1v) is 7.28. The number of piperazine rings is 1. The number of sulfonamides is 1. The van der Waals surface area contributed by atoms with Crippen LogP contribution in [0.4, 0.5) is 11.4 Å². The lowest BCUT2D eigenvalue weighted by atomic mass is 10.1. The minimum Gasteiger partial charge on any atom is -0.399 e. The maximum absolute atomic E-state index is 11.5. The molecule has 0 atom stereocenters. The summed E-state index contributed by atoms with van der Waals surface area (Å²) in [5.41, 5.74) is 7.15. The molecule has 1 fully saturated rings. The van der Waals surface area contributed by atoms with Crippen molar-refractivity contribution < 1.29 is 13.2 Å². The smallest absolute Gasteiger partial charge is 0.239 e. The standard InChI is InChI=1S/C11H16N4O3S/c1-7-9(15-3-2-14-11(16)6-15)4-8(12)5-10(7)19(13,17)18/h4-5H,2-3,6,12H2,1H3,(H,14,16)(H2,13,17,18). The number of carbonyl (C=O) groups is 1. The van der Waals surface area contributed by atoms with E-state index in [9.17, 15) is 13.2 Å². The van der Waals surface area contributed by atoms with E-state index < -0.39 is 10.0 Å². The van der Waals surface area contributed by atoms with Gasteiger partial charge in [-0.1, -0.05) is 0 Å². The summed E-state index contributed by atoms with van der Waals surface area (Å²) in [6.45, 7) is 2.94. The van der Waals surface area contributed by atoms with Crippen molar-refractivity contribution in [1.82, 2.24) is 5.32 Å². The van der Waals surface area contributed by atoms with Crippen LogP contribution >= 0.6 is 0 Å². The van der Waals surface area contributed by atoms with Gasteiger partial charge in [0.2, 0.25) is 15.9 Å². The van der Waals surface area contributed by atoms with Crippen LogP contribution in [-0.2, 0) is 14.8 Å². The van der Waals surface area contributed by atoms with Crippen LogP contribution in [0.25, 0.3) is 0 Å². The molecule has 1 heterocycles. The van der Waals surface area contributed by atoms with Gasteiger partial charge in [0.15, 0.2) is 0 Å². The Morgan fingerprint density at radius 2 is 2.05 bits per heavy atom. The molecule has 1 aromatic carbocycles. The van der Waals surface area contributed by atoms with Gasteiger partial charge in [-0.3, -0.25) is 4.79 Å². The largest absolute Gasteiger partial charge is 0.399 e. The van der Waals surface area contributed by atoms with Crippen LogP contribution in [0, 0.1) is 6.92 Å². The summed E-state index contributed by atoms with van der Waals surface area (Å²) in [6.07, 6.45) is 0. The molecule has 1 saturated heterocycles. The summed E-state index contributed by atoms with van der Waals surface area (Å²) in [6, 6.07) is 2.99. The summed E-state index contributed by atoms with van der Waals surface area (Å²) < 4.78 is 23.1. The maximum Gasteiger partial charge on any atom is 0.239 e. The molecule has 5 N–H and O–H groups in total. The molecule has 2 rings (SSSR count). The van der Waals surface area contributed by atoms with E-state index in [1.807, 2.05) is 0 Å². The summed E-state index contributed by atoms with van der Waals surface area (Å²) >= 11 is 0. The van der Waals surface area contributed by atoms with E-state index in [0.717, 1.165) is 0 Å². The summed E-state index contributed by atoms with van der Waals surface area (Å²) in [5.74, 6) is -0.106. The van der Waals surface area contributed by atoms with Gasteiger partial charge in [0.1, 0.15) is 0 Å². The first kappa shape index (κ1) is 13.6. The number of primary sulfonamides is 1. The number of carbonyl (C=O) groups excluding carboxylic acids is 1. The van der Waals surface area contributed by atoms with Gasteiger partial charge < -0.3 is 16.0 Å². The topological polar surface area (TPSA) is 119 Å². The predicted molar refractivity (Wildman–Crippen MR) is 72.2 cm³/mol. The Kier molecular flexibility index (Phi) is 3.38. The lowest BCUT2D eigenvalue weighted by Crippen LogP contribution is -2.48. The number of nitrogens with zero attached hydrogens (tertiary/aromatic N) is 1. The number of rotatable bonds is 2. The van der Waals surface area contributed by atoms with E-state index in [0.29, 0.717) is 30.0 Å². The SMILES string of the molecule is Cc1c(N2CCNC(=O)C2)cc(N)cc1S(N)(=O)=O. The zero-order valence-corrected chi connectivity index (χ0v) is 11.3. The van der Waals surface area contributed by atoms with Crippen LogP contribution < -0.4 is 21.1 Å². The summed E-state index contributed by atoms with van der Waals surface area (Å²) in [5, 5.41) is 7.88. The third-order valence-corrected chi connectivity index (χ3v) is 4.08. The maximum atomic E-state index is 11.5. The molecule has 0 aromatic heterocycles. The molecule has 1 aliphatic rings. The molecule has 7 nitrogen and oxygen atoms in total. The van der Waals surface area contributed by atoms with Crippen molar-refractivity contribution in [3.63, 3.8) is 0 Å². The number of anilines is 2. The summed E-state index contributed by atoms with van der Waals surface area (Å²) in [4.78, 5) is 13.2. The zero-order chi connectivity index (χ0) is 14.2. The highest BCUT2D eigenvalue weighted by Gasteiger charge is 2.22. The first-order chi connectivity index (χ1) is 8.79. The Morgan fingerprint density at radius 3 is 2.63 bits per heavy atom. The van der Waals surface area contributed by atoms with Gasteiger partial charge in [0.05, 0.1) is 11.4 Å². The van der Waals surface area contributed by atoms with E-state index in [1.165, 1.54) is 6.07 Å². The van der Waals surface area contributed by atoms with Crippen LogP contribution in [0.15, 0.2) is 17.0 Å². The van der Waals surface area contributed by atoms with Crippen molar-refractivity contribution in [3.8, 4) is 0 Å². The van der Waals surface area contributed by atoms with Crippen LogP contribution in [0.5, 0.6) is 0 Å². The molecule has 0 radical (unpaired) electrons. The Bertz CT molecular complexity index is 627. The minimum absolute atomic E-state index is 0.00604. The molecule has 0 aliphatic carbocycles. The number of nitrogens with one attached hydrogen (secondary N) is 1. The number of nitrogens with two attached hydrogens (primary N) is 2. The Morgan fingerprint density at radius 1 is 1.37 bits per heavy atom. The second kappa shape index (κ2) is 4.71. The lowest BCUT2D eigenvalue weighted by molar-refractivity contribution is -0.120. The van der Waals surface area contributed by atoms with E-state index in [-0.39, 0.29) is 17.3 Å². The fraction of sp³-hybridized carbons (Fsp3) is 0.364. The van der Waals surface area contributed by atoms with Crippen molar-refractivity contribution in [2.45, 2.75) is 11.8 Å². The molecule has 0 spiro atoms. The van der Waals surface area contributed by atoms with E-state index >= 15 is 0 Å². The van der Waals surface area contributed by atoms with Gasteiger partial charge in [-0.2, -0.15) is 0 Å². The number of amides is 1. The quantitative estimate of drug-likeness (QED) is 0.612. The third kappa shape index (κ3) is 2.79. The average molecular weight is 284 g/mol. The van der Waals surface area contributed by atoms with Crippen LogP contribution in [0.1, 0.15) is 5.56 Å². The molecule has 0 unspecified atom stereocenters. The molecule has 8 heteroatoms. The van der Waals surface area contributed by atoms with Crippen molar-refractivity contribution in [3.05, 3.63) is 17.7 Å². The van der Waals surface area contributed by atoms with Crippen LogP contribution in [0.3, 0.4) is 0 Å². The monoisotopic (exact) mass is 284 g/mol. The molecule has 1 amide bonds. The van der Waals surface area contributed by atoms with Gasteiger partial charge in [-0.15, -0.1) is 0 Å². The van der Waals surface area contributed by atoms with Crippen molar-refractivity contribution in [2.24, 2.45) is 5.14 Å². The molecule has 19 heavy (non-hydrogen) atoms. The summed E-state index contributed by atoms with van der Waals surface area (Å²) in [7, 11) is -3.84. The highest BCUT2D eigenvalue weighted by Crippen LogP contribution is 2.29. The van der Waals surface area contributed by atoms with E-state index in [2.05, 4.69) is 5.32 Å². The van der Waals surface area contributed by atoms with Gasteiger partial charge in [0.25, 0.3) is 0 Å². The first-order valence-electron chi connectivity index (χ1n) is 5.73. The van der Waals surface area contributed by atoms with Crippen molar-refractivity contribution in [1.29, 1.82) is 0 Å². The second-order valence-corrected chi connectivity index (χ2v) is 6.01. The normalized spacial score (nSPS) is 16.3. The molecular weight excluding hydrogens is 268 g/mol. The van der Waals surface area contributed by atoms with Crippen molar-refractivity contribution >= 4 is 27.3 Å². The Balaban J connectivity index is 2.52. The van der Waals surface area contributed by atoms with Crippen molar-refractivity contribution in [2.75, 3.05) is 30.3 Å². The number of hydrogen-bond donors (Lipinski definition) is 3. The minimum atomic E-state index is -3.84. The van der Waals surface area contributed by atoms with Gasteiger partial charge >= 0.3 is 0 Å². The molecule has 104 valence electrons. The zero-order valence-electron chi connectivity index (χ0n) is 10.5. The predicted octanol–water partition coefficient (Wildman–Crippen LogP) is -0.839. The van der Waals surface area contributed by atoms with Gasteiger partial charge in [0, 0.05) is 24.5 Å². The van der Waals surface area contributed by atoms with E-state index in [1.54, 1.807) is 17.9 Å². The number of benzene rings is 1. The highest BCUT2D eigenvalue weighted by atomic mass is 32.2. The van der Waals surface area contributed by atoms with E-state index in [4.69, 9.17) is 10.9 Å². The molecule has 1 aliphatic heterocycles. The Labute approximate surface area is 111 Å². The highest BCUT2D eigenvalue weighted by molar-refractivity contribution is 7.89. The second-order valence-electron chi connectivity index (χ2n) is 4.48. The van der Waals surface area contributed by atoms with Crippen LogP contribution in [-0.4, -0.2) is 34.0 Å². The van der Waals surface area contributed by atoms with Gasteiger partial charge in [-0.05, 0) is 24.6 Å². The molecule has 0 bridgehead atoms. The van der Waals surface area contributed by atoms with Crippen LogP contribution in [0.2, 0.25) is 0 Å². The molecule has 0 saturated carbocycles. The van der Waals surface area contributed by atoms with Gasteiger partial charge in [-0.25, -0.2) is 13.6 Å². The average Bonchev–Trinajstić information content (AvgIpc) is 2.30. The lowest BCUT2D eigenvalue weighted by Gasteiger charge is -2.30. The fourth-order valence-electron chi connectivity index (χ4n) is 2.16. The Hall–Kier alpha value is -1.80. The fourth-order valence-corrected chi connectivity index (χ4v) is 2.99. The third-order valence-electron chi connectivity index (χ3n) is 3.04. The molecule has 1 aromatic rings.